The van der Waals surface area contributed by atoms with Crippen LogP contribution in [0.4, 0.5) is 0 Å². The van der Waals surface area contributed by atoms with Crippen molar-refractivity contribution in [2.45, 2.75) is 19.1 Å². The minimum atomic E-state index is 0.147. The van der Waals surface area contributed by atoms with Gasteiger partial charge in [0, 0.05) is 18.9 Å². The van der Waals surface area contributed by atoms with Crippen molar-refractivity contribution in [3.05, 3.63) is 95.3 Å². The van der Waals surface area contributed by atoms with Crippen LogP contribution in [0.1, 0.15) is 28.3 Å². The van der Waals surface area contributed by atoms with Crippen molar-refractivity contribution in [1.29, 1.82) is 0 Å². The molecule has 0 bridgehead atoms. The molecule has 1 aliphatic heterocycles. The van der Waals surface area contributed by atoms with E-state index in [1.807, 2.05) is 30.3 Å². The van der Waals surface area contributed by atoms with Gasteiger partial charge in [-0.2, -0.15) is 0 Å². The molecule has 28 heavy (non-hydrogen) atoms. The van der Waals surface area contributed by atoms with E-state index in [1.165, 1.54) is 11.1 Å². The molecule has 0 fully saturated rings. The largest absolute Gasteiger partial charge is 0.493 e. The Labute approximate surface area is 165 Å². The summed E-state index contributed by atoms with van der Waals surface area (Å²) in [5.41, 5.74) is 4.81. The van der Waals surface area contributed by atoms with Crippen molar-refractivity contribution in [3.63, 3.8) is 0 Å². The second-order valence-electron chi connectivity index (χ2n) is 6.80. The Morgan fingerprint density at radius 1 is 1.07 bits per heavy atom. The lowest BCUT2D eigenvalue weighted by Crippen LogP contribution is -2.28. The second-order valence-corrected chi connectivity index (χ2v) is 6.80. The van der Waals surface area contributed by atoms with E-state index in [9.17, 15) is 0 Å². The highest BCUT2D eigenvalue weighted by Gasteiger charge is 2.21. The number of hydrogen-bond acceptors (Lipinski definition) is 4. The molecular weight excluding hydrogens is 348 g/mol. The number of methoxy groups -OCH3 is 1. The lowest BCUT2D eigenvalue weighted by Gasteiger charge is -2.26. The van der Waals surface area contributed by atoms with Crippen LogP contribution < -0.4 is 14.8 Å². The Hall–Kier alpha value is -3.11. The van der Waals surface area contributed by atoms with Gasteiger partial charge in [-0.3, -0.25) is 4.98 Å². The lowest BCUT2D eigenvalue weighted by atomic mass is 9.93. The third kappa shape index (κ3) is 4.24. The maximum Gasteiger partial charge on any atom is 0.161 e. The summed E-state index contributed by atoms with van der Waals surface area (Å²) in [5, 5.41) is 3.58. The number of pyridine rings is 1. The number of ether oxygens (including phenoxy) is 2. The fraction of sp³-hybridized carbons (Fsp3) is 0.208. The fourth-order valence-corrected chi connectivity index (χ4v) is 3.46. The van der Waals surface area contributed by atoms with Crippen molar-refractivity contribution >= 4 is 6.08 Å². The normalized spacial score (nSPS) is 16.0. The highest BCUT2D eigenvalue weighted by Crippen LogP contribution is 2.36. The summed E-state index contributed by atoms with van der Waals surface area (Å²) < 4.78 is 11.7. The van der Waals surface area contributed by atoms with E-state index in [0.29, 0.717) is 6.61 Å². The predicted octanol–water partition coefficient (Wildman–Crippen LogP) is 4.57. The summed E-state index contributed by atoms with van der Waals surface area (Å²) in [6.45, 7) is 1.46. The van der Waals surface area contributed by atoms with E-state index >= 15 is 0 Å². The molecule has 2 heterocycles. The van der Waals surface area contributed by atoms with Crippen molar-refractivity contribution < 1.29 is 9.47 Å². The summed E-state index contributed by atoms with van der Waals surface area (Å²) >= 11 is 0. The maximum atomic E-state index is 6.07. The first kappa shape index (κ1) is 18.3. The predicted molar refractivity (Wildman–Crippen MR) is 111 cm³/mol. The van der Waals surface area contributed by atoms with Gasteiger partial charge < -0.3 is 14.8 Å². The van der Waals surface area contributed by atoms with Gasteiger partial charge in [0.25, 0.3) is 0 Å². The molecule has 1 aromatic heterocycles. The van der Waals surface area contributed by atoms with Crippen molar-refractivity contribution in [2.24, 2.45) is 0 Å². The zero-order valence-electron chi connectivity index (χ0n) is 16.0. The van der Waals surface area contributed by atoms with Crippen molar-refractivity contribution in [3.8, 4) is 11.5 Å². The SMILES string of the molecule is COc1cc2c(cc1OCc1ccccc1)CCNC2C=Cc1ccncc1. The highest BCUT2D eigenvalue weighted by molar-refractivity contribution is 5.54. The first-order chi connectivity index (χ1) is 13.8. The number of benzene rings is 2. The minimum Gasteiger partial charge on any atom is -0.493 e. The van der Waals surface area contributed by atoms with Crippen LogP contribution in [0.3, 0.4) is 0 Å². The molecule has 4 heteroatoms. The number of hydrogen-bond donors (Lipinski definition) is 1. The van der Waals surface area contributed by atoms with Crippen molar-refractivity contribution in [2.75, 3.05) is 13.7 Å². The molecule has 0 saturated carbocycles. The van der Waals surface area contributed by atoms with Crippen LogP contribution in [-0.4, -0.2) is 18.6 Å². The average molecular weight is 372 g/mol. The summed E-state index contributed by atoms with van der Waals surface area (Å²) in [6.07, 6.45) is 8.90. The van der Waals surface area contributed by atoms with Gasteiger partial charge in [-0.05, 0) is 52.9 Å². The molecule has 1 N–H and O–H groups in total. The Morgan fingerprint density at radius 3 is 2.68 bits per heavy atom. The molecule has 142 valence electrons. The van der Waals surface area contributed by atoms with Crippen LogP contribution in [0.25, 0.3) is 6.08 Å². The molecule has 4 rings (SSSR count). The summed E-state index contributed by atoms with van der Waals surface area (Å²) in [4.78, 5) is 4.07. The molecular formula is C24H24N2O2. The Balaban J connectivity index is 1.57. The van der Waals surface area contributed by atoms with E-state index < -0.39 is 0 Å². The summed E-state index contributed by atoms with van der Waals surface area (Å²) in [6, 6.07) is 18.6. The van der Waals surface area contributed by atoms with E-state index in [4.69, 9.17) is 9.47 Å². The van der Waals surface area contributed by atoms with E-state index in [2.05, 4.69) is 46.7 Å². The van der Waals surface area contributed by atoms with Gasteiger partial charge in [-0.1, -0.05) is 42.5 Å². The molecule has 1 atom stereocenters. The molecule has 4 nitrogen and oxygen atoms in total. The zero-order chi connectivity index (χ0) is 19.2. The van der Waals surface area contributed by atoms with Gasteiger partial charge in [0.2, 0.25) is 0 Å². The fourth-order valence-electron chi connectivity index (χ4n) is 3.46. The molecule has 0 radical (unpaired) electrons. The number of fused-ring (bicyclic) bond motifs is 1. The number of aromatic nitrogens is 1. The minimum absolute atomic E-state index is 0.147. The maximum absolute atomic E-state index is 6.07. The molecule has 0 aliphatic carbocycles. The Bertz CT molecular complexity index is 940. The van der Waals surface area contributed by atoms with Crippen LogP contribution in [-0.2, 0) is 13.0 Å². The van der Waals surface area contributed by atoms with Gasteiger partial charge in [-0.25, -0.2) is 0 Å². The van der Waals surface area contributed by atoms with Crippen molar-refractivity contribution in [1.82, 2.24) is 10.3 Å². The van der Waals surface area contributed by atoms with Crippen LogP contribution in [0.15, 0.2) is 73.1 Å². The number of rotatable bonds is 6. The quantitative estimate of drug-likeness (QED) is 0.688. The summed E-state index contributed by atoms with van der Waals surface area (Å²) in [5.74, 6) is 1.56. The smallest absolute Gasteiger partial charge is 0.161 e. The molecule has 0 saturated heterocycles. The topological polar surface area (TPSA) is 43.4 Å². The molecule has 2 aromatic carbocycles. The van der Waals surface area contributed by atoms with Gasteiger partial charge in [0.05, 0.1) is 13.2 Å². The van der Waals surface area contributed by atoms with Gasteiger partial charge in [0.1, 0.15) is 6.61 Å². The Morgan fingerprint density at radius 2 is 1.89 bits per heavy atom. The molecule has 0 spiro atoms. The van der Waals surface area contributed by atoms with Crippen LogP contribution >= 0.6 is 0 Å². The lowest BCUT2D eigenvalue weighted by molar-refractivity contribution is 0.283. The third-order valence-electron chi connectivity index (χ3n) is 4.94. The molecule has 1 aliphatic rings. The number of nitrogens with one attached hydrogen (secondary N) is 1. The zero-order valence-corrected chi connectivity index (χ0v) is 16.0. The van der Waals surface area contributed by atoms with E-state index in [1.54, 1.807) is 19.5 Å². The third-order valence-corrected chi connectivity index (χ3v) is 4.94. The highest BCUT2D eigenvalue weighted by atomic mass is 16.5. The molecule has 0 amide bonds. The summed E-state index contributed by atoms with van der Waals surface area (Å²) in [7, 11) is 1.69. The Kier molecular flexibility index (Phi) is 5.69. The first-order valence-corrected chi connectivity index (χ1v) is 9.52. The van der Waals surface area contributed by atoms with Crippen LogP contribution in [0.5, 0.6) is 11.5 Å². The van der Waals surface area contributed by atoms with E-state index in [0.717, 1.165) is 35.6 Å². The van der Waals surface area contributed by atoms with Crippen LogP contribution in [0.2, 0.25) is 0 Å². The average Bonchev–Trinajstić information content (AvgIpc) is 2.77. The first-order valence-electron chi connectivity index (χ1n) is 9.52. The molecule has 1 unspecified atom stereocenters. The van der Waals surface area contributed by atoms with Gasteiger partial charge in [0.15, 0.2) is 11.5 Å². The number of nitrogens with zero attached hydrogens (tertiary/aromatic N) is 1. The molecule has 3 aromatic rings. The monoisotopic (exact) mass is 372 g/mol. The van der Waals surface area contributed by atoms with Crippen LogP contribution in [0, 0.1) is 0 Å². The van der Waals surface area contributed by atoms with Gasteiger partial charge >= 0.3 is 0 Å². The van der Waals surface area contributed by atoms with E-state index in [-0.39, 0.29) is 6.04 Å². The standard InChI is InChI=1S/C24H24N2O2/c1-27-23-16-21-20(15-24(23)28-17-19-5-3-2-4-6-19)11-14-26-22(21)8-7-18-9-12-25-13-10-18/h2-10,12-13,15-16,22,26H,11,14,17H2,1H3. The van der Waals surface area contributed by atoms with Gasteiger partial charge in [-0.15, -0.1) is 0 Å². The second kappa shape index (κ2) is 8.72.